The van der Waals surface area contributed by atoms with Crippen LogP contribution < -0.4 is 9.80 Å². The molecule has 0 bridgehead atoms. The van der Waals surface area contributed by atoms with E-state index < -0.39 is 0 Å². The van der Waals surface area contributed by atoms with E-state index in [1.165, 1.54) is 87.4 Å². The molecule has 6 aromatic heterocycles. The summed E-state index contributed by atoms with van der Waals surface area (Å²) in [6, 6.07) is 97.5. The molecule has 19 rings (SSSR count). The first-order chi connectivity index (χ1) is 48.3. The van der Waals surface area contributed by atoms with Gasteiger partial charge in [-0.3, -0.25) is 0 Å². The number of allylic oxidation sites excluding steroid dienone is 5. The minimum Gasteiger partial charge on any atom is -0.454 e. The van der Waals surface area contributed by atoms with Gasteiger partial charge in [0.05, 0.1) is 55.9 Å². The van der Waals surface area contributed by atoms with E-state index in [-0.39, 0.29) is 0 Å². The Morgan fingerprint density at radius 2 is 0.939 bits per heavy atom. The lowest BCUT2D eigenvalue weighted by molar-refractivity contribution is 0.586. The van der Waals surface area contributed by atoms with Gasteiger partial charge in [-0.1, -0.05) is 232 Å². The van der Waals surface area contributed by atoms with Crippen molar-refractivity contribution in [3.8, 4) is 33.4 Å². The summed E-state index contributed by atoms with van der Waals surface area (Å²) in [4.78, 5) is 4.85. The summed E-state index contributed by atoms with van der Waals surface area (Å²) >= 11 is 0. The largest absolute Gasteiger partial charge is 0.454 e. The molecule has 0 N–H and O–H groups in total. The third-order valence-corrected chi connectivity index (χ3v) is 20.9. The summed E-state index contributed by atoms with van der Waals surface area (Å²) in [5, 5.41) is 11.8. The zero-order chi connectivity index (χ0) is 65.6. The maximum atomic E-state index is 7.05. The monoisotopic (exact) mass is 1260 g/mol. The van der Waals surface area contributed by atoms with Gasteiger partial charge in [0.15, 0.2) is 11.5 Å². The Bertz CT molecular complexity index is 6430. The molecule has 6 nitrogen and oxygen atoms in total. The van der Waals surface area contributed by atoms with E-state index in [4.69, 9.17) is 8.83 Å². The highest BCUT2D eigenvalue weighted by Gasteiger charge is 2.35. The van der Waals surface area contributed by atoms with E-state index in [1.807, 2.05) is 18.2 Å². The third-order valence-electron chi connectivity index (χ3n) is 20.9. The molecule has 0 saturated carbocycles. The van der Waals surface area contributed by atoms with Crippen molar-refractivity contribution in [3.05, 3.63) is 337 Å². The molecule has 0 spiro atoms. The standard InChI is InChI=1S/C92H66N4O2/c1-7-64(58-29-13-9-14-30-58)75(8-2)93(85(55(3)4)91-57(6)65-37-22-25-45-79(65)97-91)62-48-51-77-73(53-62)68-40-27-42-71-83-82(61-35-19-12-20-36-61)90-84(81(60-33-17-11-18-34-60)89(83)95(77)87(68)71)72-43-28-41-69-74-54-63(49-52-78(74)96(90)88(69)72)94(76-44-24-21-38-66(76)59-31-15-10-16-32-59)86-56(5)47-50-70-67-39-23-26-46-80(67)98-92(70)86/h7-46,48-49,51-54H,1-2,47,50H2,3-6H3/b75-64-. The topological polar surface area (TPSA) is 41.6 Å². The molecule has 0 fully saturated rings. The molecule has 1 aliphatic rings. The van der Waals surface area contributed by atoms with Crippen LogP contribution in [0.25, 0.3) is 148 Å². The molecule has 0 unspecified atom stereocenters. The molecule has 0 atom stereocenters. The van der Waals surface area contributed by atoms with Crippen molar-refractivity contribution in [3.63, 3.8) is 0 Å². The molecule has 12 aromatic carbocycles. The van der Waals surface area contributed by atoms with Crippen LogP contribution in [-0.2, 0) is 6.42 Å². The van der Waals surface area contributed by atoms with Crippen molar-refractivity contribution >= 4 is 132 Å². The quantitative estimate of drug-likeness (QED) is 0.108. The fourth-order valence-electron chi connectivity index (χ4n) is 16.8. The van der Waals surface area contributed by atoms with Crippen molar-refractivity contribution in [1.82, 2.24) is 8.80 Å². The van der Waals surface area contributed by atoms with Gasteiger partial charge < -0.3 is 27.4 Å². The first-order valence-electron chi connectivity index (χ1n) is 33.9. The number of aromatic nitrogens is 2. The van der Waals surface area contributed by atoms with Crippen molar-refractivity contribution < 1.29 is 8.83 Å². The molecular weight excluding hydrogens is 1190 g/mol. The highest BCUT2D eigenvalue weighted by atomic mass is 16.3. The van der Waals surface area contributed by atoms with Gasteiger partial charge in [0.25, 0.3) is 0 Å². The predicted molar refractivity (Wildman–Crippen MR) is 413 cm³/mol. The van der Waals surface area contributed by atoms with E-state index in [1.54, 1.807) is 0 Å². The van der Waals surface area contributed by atoms with Gasteiger partial charge in [0, 0.05) is 98.6 Å². The van der Waals surface area contributed by atoms with Crippen LogP contribution in [-0.4, -0.2) is 8.80 Å². The van der Waals surface area contributed by atoms with E-state index in [0.717, 1.165) is 136 Å². The second kappa shape index (κ2) is 22.1. The van der Waals surface area contributed by atoms with E-state index in [9.17, 15) is 0 Å². The molecule has 0 saturated heterocycles. The summed E-state index contributed by atoms with van der Waals surface area (Å²) in [5.74, 6) is 1.75. The molecule has 466 valence electrons. The number of para-hydroxylation sites is 5. The van der Waals surface area contributed by atoms with Crippen LogP contribution >= 0.6 is 0 Å². The van der Waals surface area contributed by atoms with Gasteiger partial charge in [-0.25, -0.2) is 0 Å². The summed E-state index contributed by atoms with van der Waals surface area (Å²) in [6.07, 6.45) is 5.77. The minimum atomic E-state index is 0.811. The zero-order valence-electron chi connectivity index (χ0n) is 55.0. The Morgan fingerprint density at radius 3 is 1.52 bits per heavy atom. The van der Waals surface area contributed by atoms with Crippen LogP contribution in [0.3, 0.4) is 0 Å². The fraction of sp³-hybridized carbons (Fsp3) is 0.0652. The average molecular weight is 1260 g/mol. The highest BCUT2D eigenvalue weighted by Crippen LogP contribution is 2.56. The number of fused-ring (bicyclic) bond motifs is 16. The molecule has 6 heteroatoms. The van der Waals surface area contributed by atoms with Gasteiger partial charge >= 0.3 is 0 Å². The number of furan rings is 2. The van der Waals surface area contributed by atoms with Crippen LogP contribution in [0.1, 0.15) is 55.4 Å². The zero-order valence-corrected chi connectivity index (χ0v) is 55.0. The summed E-state index contributed by atoms with van der Waals surface area (Å²) in [5.41, 5.74) is 28.6. The molecule has 98 heavy (non-hydrogen) atoms. The lowest BCUT2D eigenvalue weighted by Crippen LogP contribution is -2.22. The van der Waals surface area contributed by atoms with Gasteiger partial charge in [0.2, 0.25) is 0 Å². The van der Waals surface area contributed by atoms with Crippen molar-refractivity contribution in [2.45, 2.75) is 40.5 Å². The number of benzene rings is 12. The third kappa shape index (κ3) is 8.21. The lowest BCUT2D eigenvalue weighted by atomic mass is 9.89. The summed E-state index contributed by atoms with van der Waals surface area (Å²) in [7, 11) is 0. The van der Waals surface area contributed by atoms with Crippen molar-refractivity contribution in [1.29, 1.82) is 0 Å². The molecule has 0 aliphatic heterocycles. The number of nitrogens with zero attached hydrogens (tertiary/aromatic N) is 4. The van der Waals surface area contributed by atoms with Crippen molar-refractivity contribution in [2.75, 3.05) is 9.80 Å². The Morgan fingerprint density at radius 1 is 0.439 bits per heavy atom. The van der Waals surface area contributed by atoms with Gasteiger partial charge in [-0.15, -0.1) is 0 Å². The summed E-state index contributed by atoms with van der Waals surface area (Å²) in [6.45, 7) is 17.8. The van der Waals surface area contributed by atoms with E-state index in [2.05, 4.69) is 320 Å². The normalized spacial score (nSPS) is 13.0. The molecular formula is C92H66N4O2. The Labute approximate surface area is 567 Å². The smallest absolute Gasteiger partial charge is 0.155 e. The number of aryl methyl sites for hydroxylation is 2. The first-order valence-corrected chi connectivity index (χ1v) is 33.9. The minimum absolute atomic E-state index is 0.811. The van der Waals surface area contributed by atoms with Gasteiger partial charge in [-0.2, -0.15) is 0 Å². The molecule has 18 aromatic rings. The highest BCUT2D eigenvalue weighted by molar-refractivity contribution is 6.38. The Balaban J connectivity index is 0.902. The van der Waals surface area contributed by atoms with Crippen LogP contribution in [0.4, 0.5) is 17.1 Å². The Kier molecular flexibility index (Phi) is 12.9. The maximum absolute atomic E-state index is 7.05. The number of rotatable bonds is 13. The molecule has 0 amide bonds. The van der Waals surface area contributed by atoms with Crippen molar-refractivity contribution in [2.24, 2.45) is 0 Å². The Hall–Kier alpha value is -12.4. The van der Waals surface area contributed by atoms with Crippen LogP contribution in [0.15, 0.2) is 318 Å². The molecule has 1 aliphatic carbocycles. The number of hydrogen-bond donors (Lipinski definition) is 0. The van der Waals surface area contributed by atoms with E-state index >= 15 is 0 Å². The second-order valence-electron chi connectivity index (χ2n) is 26.5. The number of hydrogen-bond acceptors (Lipinski definition) is 4. The fourth-order valence-corrected chi connectivity index (χ4v) is 16.8. The number of anilines is 3. The summed E-state index contributed by atoms with van der Waals surface area (Å²) < 4.78 is 19.2. The van der Waals surface area contributed by atoms with E-state index in [0.29, 0.717) is 0 Å². The second-order valence-corrected chi connectivity index (χ2v) is 26.5. The maximum Gasteiger partial charge on any atom is 0.155 e. The lowest BCUT2D eigenvalue weighted by Gasteiger charge is -2.32. The van der Waals surface area contributed by atoms with Gasteiger partial charge in [-0.05, 0) is 135 Å². The predicted octanol–water partition coefficient (Wildman–Crippen LogP) is 25.3. The van der Waals surface area contributed by atoms with Crippen LogP contribution in [0, 0.1) is 6.92 Å². The average Bonchev–Trinajstić information content (AvgIpc) is 1.49. The SMILES string of the molecule is C=C/C(=C(\C=C)N(C(=C(C)C)c1oc2ccccc2c1C)c1ccc2c(c1)c1cccc3c4c(-c5ccccc5)c5c(c(-c6ccccc6)c4n2c13)c1cccc2c3cc(N(C4=C(C)CCc6c4oc4ccccc64)c4ccccc4-c4ccccc4)ccc3n5c21)c1ccccc1. The first kappa shape index (κ1) is 57.1. The van der Waals surface area contributed by atoms with Gasteiger partial charge in [0.1, 0.15) is 11.2 Å². The molecule has 0 radical (unpaired) electrons. The van der Waals surface area contributed by atoms with Crippen LogP contribution in [0.5, 0.6) is 0 Å². The molecule has 6 heterocycles. The van der Waals surface area contributed by atoms with Crippen LogP contribution in [0.2, 0.25) is 0 Å².